The molecule has 0 heterocycles. The van der Waals surface area contributed by atoms with Crippen molar-refractivity contribution in [2.75, 3.05) is 13.2 Å². The van der Waals surface area contributed by atoms with Crippen LogP contribution < -0.4 is 5.32 Å². The summed E-state index contributed by atoms with van der Waals surface area (Å²) in [6.07, 6.45) is 41.5. The van der Waals surface area contributed by atoms with Gasteiger partial charge in [0, 0.05) is 6.54 Å². The molecule has 0 aliphatic rings. The van der Waals surface area contributed by atoms with Crippen molar-refractivity contribution >= 4 is 0 Å². The lowest BCUT2D eigenvalue weighted by atomic mass is 9.99. The highest BCUT2D eigenvalue weighted by Gasteiger charge is 2.25. The topological polar surface area (TPSA) is 93.0 Å². The lowest BCUT2D eigenvalue weighted by Crippen LogP contribution is -2.50. The minimum absolute atomic E-state index is 0.247. The molecule has 4 unspecified atom stereocenters. The van der Waals surface area contributed by atoms with Crippen LogP contribution in [0.15, 0.2) is 0 Å². The number of hydrogen-bond donors (Lipinski definition) is 5. The first-order chi connectivity index (χ1) is 23.1. The SMILES string of the molecule is CCCCCCCCCCCCCCCCCCCCCCC(O)CNC(CO)C(O)C(O)CCCCCCCCCCCCCC. The molecule has 0 aromatic rings. The molecule has 0 radical (unpaired) electrons. The van der Waals surface area contributed by atoms with Gasteiger partial charge in [-0.1, -0.05) is 219 Å². The number of nitrogens with one attached hydrogen (secondary N) is 1. The molecule has 0 fully saturated rings. The first-order valence-corrected chi connectivity index (χ1v) is 21.4. The van der Waals surface area contributed by atoms with Crippen LogP contribution >= 0.6 is 0 Å². The summed E-state index contributed by atoms with van der Waals surface area (Å²) in [5.41, 5.74) is 0. The van der Waals surface area contributed by atoms with Gasteiger partial charge in [-0.3, -0.25) is 0 Å². The van der Waals surface area contributed by atoms with E-state index in [0.717, 1.165) is 32.1 Å². The van der Waals surface area contributed by atoms with E-state index in [2.05, 4.69) is 19.2 Å². The Morgan fingerprint density at radius 2 is 0.660 bits per heavy atom. The fourth-order valence-corrected chi connectivity index (χ4v) is 6.95. The van der Waals surface area contributed by atoms with Gasteiger partial charge in [0.25, 0.3) is 0 Å². The quantitative estimate of drug-likeness (QED) is 0.0419. The zero-order valence-corrected chi connectivity index (χ0v) is 32.1. The standard InChI is InChI=1S/C42H87NO4/c1-3-5-7-9-11-13-15-17-18-19-20-21-22-23-24-25-27-29-31-33-35-39(45)37-43-40(38-44)42(47)41(46)36-34-32-30-28-26-16-14-12-10-8-6-4-2/h39-47H,3-38H2,1-2H3. The zero-order chi connectivity index (χ0) is 34.5. The van der Waals surface area contributed by atoms with E-state index in [1.54, 1.807) is 0 Å². The monoisotopic (exact) mass is 670 g/mol. The van der Waals surface area contributed by atoms with Crippen molar-refractivity contribution in [2.45, 2.75) is 257 Å². The summed E-state index contributed by atoms with van der Waals surface area (Å²) in [5.74, 6) is 0. The van der Waals surface area contributed by atoms with Crippen LogP contribution in [0.3, 0.4) is 0 Å². The first-order valence-electron chi connectivity index (χ1n) is 21.4. The van der Waals surface area contributed by atoms with E-state index in [0.29, 0.717) is 13.0 Å². The second-order valence-corrected chi connectivity index (χ2v) is 15.1. The molecule has 5 N–H and O–H groups in total. The normalized spacial score (nSPS) is 14.4. The Bertz CT molecular complexity index is 577. The van der Waals surface area contributed by atoms with Gasteiger partial charge < -0.3 is 25.7 Å². The van der Waals surface area contributed by atoms with Crippen LogP contribution in [0.4, 0.5) is 0 Å². The lowest BCUT2D eigenvalue weighted by Gasteiger charge is -2.27. The number of aliphatic hydroxyl groups is 4. The molecule has 0 rings (SSSR count). The fourth-order valence-electron chi connectivity index (χ4n) is 6.95. The number of unbranched alkanes of at least 4 members (excludes halogenated alkanes) is 30. The maximum absolute atomic E-state index is 10.6. The Balaban J connectivity index is 3.55. The number of rotatable bonds is 40. The predicted octanol–water partition coefficient (Wildman–Crippen LogP) is 11.3. The lowest BCUT2D eigenvalue weighted by molar-refractivity contribution is -0.0236. The fraction of sp³-hybridized carbons (Fsp3) is 1.00. The molecule has 0 saturated heterocycles. The summed E-state index contributed by atoms with van der Waals surface area (Å²) >= 11 is 0. The summed E-state index contributed by atoms with van der Waals surface area (Å²) < 4.78 is 0. The second-order valence-electron chi connectivity index (χ2n) is 15.1. The van der Waals surface area contributed by atoms with Gasteiger partial charge in [-0.05, 0) is 12.8 Å². The molecule has 0 amide bonds. The average Bonchev–Trinajstić information content (AvgIpc) is 3.07. The van der Waals surface area contributed by atoms with E-state index in [-0.39, 0.29) is 6.61 Å². The molecule has 4 atom stereocenters. The van der Waals surface area contributed by atoms with Gasteiger partial charge in [0.2, 0.25) is 0 Å². The van der Waals surface area contributed by atoms with Gasteiger partial charge in [0.15, 0.2) is 0 Å². The van der Waals surface area contributed by atoms with Crippen molar-refractivity contribution < 1.29 is 20.4 Å². The Morgan fingerprint density at radius 1 is 0.383 bits per heavy atom. The van der Waals surface area contributed by atoms with Gasteiger partial charge in [-0.2, -0.15) is 0 Å². The van der Waals surface area contributed by atoms with Crippen molar-refractivity contribution in [3.8, 4) is 0 Å². The Hall–Kier alpha value is -0.200. The van der Waals surface area contributed by atoms with Crippen LogP contribution in [-0.2, 0) is 0 Å². The predicted molar refractivity (Wildman–Crippen MR) is 205 cm³/mol. The molecule has 47 heavy (non-hydrogen) atoms. The van der Waals surface area contributed by atoms with E-state index in [1.807, 2.05) is 0 Å². The molecule has 284 valence electrons. The first kappa shape index (κ1) is 46.8. The molecule has 5 heteroatoms. The van der Waals surface area contributed by atoms with E-state index in [9.17, 15) is 20.4 Å². The minimum Gasteiger partial charge on any atom is -0.395 e. The van der Waals surface area contributed by atoms with Crippen LogP contribution in [0.1, 0.15) is 232 Å². The molecule has 5 nitrogen and oxygen atoms in total. The smallest absolute Gasteiger partial charge is 0.0973 e. The van der Waals surface area contributed by atoms with E-state index in [4.69, 9.17) is 0 Å². The molecular weight excluding hydrogens is 582 g/mol. The van der Waals surface area contributed by atoms with E-state index >= 15 is 0 Å². The van der Waals surface area contributed by atoms with Gasteiger partial charge in [-0.15, -0.1) is 0 Å². The zero-order valence-electron chi connectivity index (χ0n) is 32.1. The highest BCUT2D eigenvalue weighted by atomic mass is 16.3. The van der Waals surface area contributed by atoms with Crippen LogP contribution in [0, 0.1) is 0 Å². The minimum atomic E-state index is -1.01. The molecule has 0 spiro atoms. The van der Waals surface area contributed by atoms with Gasteiger partial charge in [-0.25, -0.2) is 0 Å². The maximum Gasteiger partial charge on any atom is 0.0973 e. The average molecular weight is 670 g/mol. The van der Waals surface area contributed by atoms with Crippen LogP contribution in [0.25, 0.3) is 0 Å². The third-order valence-electron chi connectivity index (χ3n) is 10.4. The molecule has 0 aliphatic carbocycles. The third kappa shape index (κ3) is 34.0. The van der Waals surface area contributed by atoms with Crippen LogP contribution in [0.2, 0.25) is 0 Å². The Morgan fingerprint density at radius 3 is 0.957 bits per heavy atom. The van der Waals surface area contributed by atoms with Gasteiger partial charge >= 0.3 is 0 Å². The maximum atomic E-state index is 10.6. The second kappa shape index (κ2) is 38.6. The van der Waals surface area contributed by atoms with Crippen molar-refractivity contribution in [1.29, 1.82) is 0 Å². The molecule has 0 aliphatic heterocycles. The van der Waals surface area contributed by atoms with Gasteiger partial charge in [0.05, 0.1) is 31.0 Å². The Kier molecular flexibility index (Phi) is 38.4. The summed E-state index contributed by atoms with van der Waals surface area (Å²) in [6.45, 7) is 4.64. The van der Waals surface area contributed by atoms with E-state index in [1.165, 1.54) is 180 Å². The van der Waals surface area contributed by atoms with Gasteiger partial charge in [0.1, 0.15) is 0 Å². The molecule has 0 saturated carbocycles. The van der Waals surface area contributed by atoms with Crippen molar-refractivity contribution in [2.24, 2.45) is 0 Å². The number of aliphatic hydroxyl groups excluding tert-OH is 4. The molecule has 0 aromatic carbocycles. The Labute approximate surface area is 294 Å². The highest BCUT2D eigenvalue weighted by Crippen LogP contribution is 2.17. The van der Waals surface area contributed by atoms with Crippen LogP contribution in [-0.4, -0.2) is 57.9 Å². The summed E-state index contributed by atoms with van der Waals surface area (Å²) in [4.78, 5) is 0. The molecule has 0 bridgehead atoms. The summed E-state index contributed by atoms with van der Waals surface area (Å²) in [5, 5.41) is 44.3. The molecular formula is C42H87NO4. The molecule has 0 aromatic heterocycles. The summed E-state index contributed by atoms with van der Waals surface area (Å²) in [6, 6.07) is -0.605. The summed E-state index contributed by atoms with van der Waals surface area (Å²) in [7, 11) is 0. The number of hydrogen-bond acceptors (Lipinski definition) is 5. The largest absolute Gasteiger partial charge is 0.395 e. The third-order valence-corrected chi connectivity index (χ3v) is 10.4. The highest BCUT2D eigenvalue weighted by molar-refractivity contribution is 4.82. The van der Waals surface area contributed by atoms with Crippen molar-refractivity contribution in [3.63, 3.8) is 0 Å². The van der Waals surface area contributed by atoms with Crippen LogP contribution in [0.5, 0.6) is 0 Å². The van der Waals surface area contributed by atoms with Crippen molar-refractivity contribution in [1.82, 2.24) is 5.32 Å². The van der Waals surface area contributed by atoms with E-state index < -0.39 is 24.4 Å². The van der Waals surface area contributed by atoms with Crippen molar-refractivity contribution in [3.05, 3.63) is 0 Å².